The van der Waals surface area contributed by atoms with Crippen molar-refractivity contribution in [2.75, 3.05) is 32.8 Å². The molecule has 5 nitrogen and oxygen atoms in total. The molecule has 0 aliphatic carbocycles. The summed E-state index contributed by atoms with van der Waals surface area (Å²) < 4.78 is 5.50. The number of ether oxygens (including phenoxy) is 1. The monoisotopic (exact) mass is 287 g/mol. The Hall–Kier alpha value is -2.06. The van der Waals surface area contributed by atoms with E-state index in [1.165, 1.54) is 0 Å². The molecular formula is C16H21N3O2. The number of hydrogen-bond donors (Lipinski definition) is 0. The summed E-state index contributed by atoms with van der Waals surface area (Å²) in [5.74, 6) is 0.888. The minimum absolute atomic E-state index is 0.0986. The van der Waals surface area contributed by atoms with Gasteiger partial charge in [-0.1, -0.05) is 12.1 Å². The summed E-state index contributed by atoms with van der Waals surface area (Å²) in [7, 11) is 0. The van der Waals surface area contributed by atoms with E-state index in [1.807, 2.05) is 36.1 Å². The Bertz CT molecular complexity index is 531. The van der Waals surface area contributed by atoms with Crippen LogP contribution in [0.3, 0.4) is 0 Å². The van der Waals surface area contributed by atoms with Crippen LogP contribution in [0.2, 0.25) is 0 Å². The van der Waals surface area contributed by atoms with Gasteiger partial charge in [0.15, 0.2) is 0 Å². The average molecular weight is 287 g/mol. The first-order chi connectivity index (χ1) is 10.2. The smallest absolute Gasteiger partial charge is 0.219 e. The van der Waals surface area contributed by atoms with Gasteiger partial charge in [0.2, 0.25) is 5.91 Å². The quantitative estimate of drug-likeness (QED) is 0.847. The molecule has 0 N–H and O–H groups in total. The number of carbonyl (C=O) groups excluding carboxylic acids is 1. The summed E-state index contributed by atoms with van der Waals surface area (Å²) in [6.45, 7) is 6.93. The van der Waals surface area contributed by atoms with Crippen molar-refractivity contribution in [3.05, 3.63) is 29.8 Å². The minimum atomic E-state index is -0.292. The number of amides is 1. The predicted molar refractivity (Wildman–Crippen MR) is 79.8 cm³/mol. The maximum atomic E-state index is 11.4. The molecule has 21 heavy (non-hydrogen) atoms. The second kappa shape index (κ2) is 7.09. The highest BCUT2D eigenvalue weighted by Gasteiger charge is 2.26. The van der Waals surface area contributed by atoms with E-state index in [-0.39, 0.29) is 11.9 Å². The Morgan fingerprint density at radius 1 is 1.38 bits per heavy atom. The van der Waals surface area contributed by atoms with E-state index in [0.717, 1.165) is 24.4 Å². The van der Waals surface area contributed by atoms with Crippen LogP contribution in [0.4, 0.5) is 0 Å². The lowest BCUT2D eigenvalue weighted by molar-refractivity contribution is -0.130. The molecule has 1 unspecified atom stereocenters. The number of nitrogens with zero attached hydrogens (tertiary/aromatic N) is 3. The van der Waals surface area contributed by atoms with Gasteiger partial charge >= 0.3 is 0 Å². The van der Waals surface area contributed by atoms with E-state index in [0.29, 0.717) is 19.7 Å². The second-order valence-corrected chi connectivity index (χ2v) is 5.08. The van der Waals surface area contributed by atoms with Gasteiger partial charge < -0.3 is 9.64 Å². The third kappa shape index (κ3) is 3.73. The van der Waals surface area contributed by atoms with Crippen LogP contribution in [0.25, 0.3) is 0 Å². The van der Waals surface area contributed by atoms with Crippen molar-refractivity contribution in [1.29, 1.82) is 5.26 Å². The Morgan fingerprint density at radius 3 is 2.67 bits per heavy atom. The van der Waals surface area contributed by atoms with Crippen LogP contribution in [-0.2, 0) is 4.79 Å². The maximum Gasteiger partial charge on any atom is 0.219 e. The fourth-order valence-electron chi connectivity index (χ4n) is 2.60. The topological polar surface area (TPSA) is 56.6 Å². The molecule has 0 spiro atoms. The maximum absolute atomic E-state index is 11.4. The zero-order valence-electron chi connectivity index (χ0n) is 12.6. The summed E-state index contributed by atoms with van der Waals surface area (Å²) in [5.41, 5.74) is 0.944. The van der Waals surface area contributed by atoms with E-state index < -0.39 is 0 Å². The van der Waals surface area contributed by atoms with Crippen LogP contribution >= 0.6 is 0 Å². The molecule has 1 heterocycles. The SMILES string of the molecule is CCOc1cccc(C(C#N)N2CCN(C(C)=O)CC2)c1. The molecule has 1 aliphatic heterocycles. The number of nitriles is 1. The van der Waals surface area contributed by atoms with E-state index in [1.54, 1.807) is 6.92 Å². The standard InChI is InChI=1S/C16H21N3O2/c1-3-21-15-6-4-5-14(11-15)16(12-17)19-9-7-18(8-10-19)13(2)20/h4-6,11,16H,3,7-10H2,1-2H3. The molecule has 1 saturated heterocycles. The third-order valence-corrected chi connectivity index (χ3v) is 3.73. The Balaban J connectivity index is 2.08. The van der Waals surface area contributed by atoms with Gasteiger partial charge in [0.05, 0.1) is 12.7 Å². The van der Waals surface area contributed by atoms with Gasteiger partial charge in [0.25, 0.3) is 0 Å². The Kier molecular flexibility index (Phi) is 5.18. The molecule has 5 heteroatoms. The van der Waals surface area contributed by atoms with Crippen molar-refractivity contribution in [3.63, 3.8) is 0 Å². The van der Waals surface area contributed by atoms with Crippen molar-refractivity contribution in [2.45, 2.75) is 19.9 Å². The van der Waals surface area contributed by atoms with Gasteiger partial charge in [-0.3, -0.25) is 9.69 Å². The van der Waals surface area contributed by atoms with Crippen LogP contribution in [0.15, 0.2) is 24.3 Å². The van der Waals surface area contributed by atoms with Gasteiger partial charge in [-0.2, -0.15) is 5.26 Å². The molecule has 1 amide bonds. The number of piperazine rings is 1. The fourth-order valence-corrected chi connectivity index (χ4v) is 2.60. The van der Waals surface area contributed by atoms with E-state index >= 15 is 0 Å². The molecule has 1 aromatic rings. The second-order valence-electron chi connectivity index (χ2n) is 5.08. The molecule has 1 aliphatic rings. The lowest BCUT2D eigenvalue weighted by Crippen LogP contribution is -2.48. The highest BCUT2D eigenvalue weighted by molar-refractivity contribution is 5.73. The van der Waals surface area contributed by atoms with Gasteiger partial charge in [0, 0.05) is 33.1 Å². The van der Waals surface area contributed by atoms with Crippen molar-refractivity contribution in [1.82, 2.24) is 9.80 Å². The molecule has 1 atom stereocenters. The minimum Gasteiger partial charge on any atom is -0.494 e. The molecule has 0 radical (unpaired) electrons. The normalized spacial score (nSPS) is 17.1. The van der Waals surface area contributed by atoms with E-state index in [2.05, 4.69) is 11.0 Å². The van der Waals surface area contributed by atoms with Crippen LogP contribution in [-0.4, -0.2) is 48.5 Å². The molecule has 0 bridgehead atoms. The molecule has 0 saturated carbocycles. The van der Waals surface area contributed by atoms with Crippen molar-refractivity contribution < 1.29 is 9.53 Å². The summed E-state index contributed by atoms with van der Waals surface area (Å²) in [6.07, 6.45) is 0. The van der Waals surface area contributed by atoms with Crippen LogP contribution < -0.4 is 4.74 Å². The fraction of sp³-hybridized carbons (Fsp3) is 0.500. The van der Waals surface area contributed by atoms with Gasteiger partial charge in [-0.05, 0) is 24.6 Å². The molecule has 1 fully saturated rings. The summed E-state index contributed by atoms with van der Waals surface area (Å²) in [4.78, 5) is 15.3. The summed E-state index contributed by atoms with van der Waals surface area (Å²) in [5, 5.41) is 9.51. The highest BCUT2D eigenvalue weighted by atomic mass is 16.5. The van der Waals surface area contributed by atoms with Gasteiger partial charge in [-0.15, -0.1) is 0 Å². The lowest BCUT2D eigenvalue weighted by Gasteiger charge is -2.36. The van der Waals surface area contributed by atoms with Crippen molar-refractivity contribution in [3.8, 4) is 11.8 Å². The molecule has 112 valence electrons. The molecule has 0 aromatic heterocycles. The van der Waals surface area contributed by atoms with Gasteiger partial charge in [0.1, 0.15) is 11.8 Å². The van der Waals surface area contributed by atoms with Crippen LogP contribution in [0.5, 0.6) is 5.75 Å². The summed E-state index contributed by atoms with van der Waals surface area (Å²) >= 11 is 0. The number of benzene rings is 1. The van der Waals surface area contributed by atoms with Crippen molar-refractivity contribution in [2.24, 2.45) is 0 Å². The van der Waals surface area contributed by atoms with Crippen LogP contribution in [0, 0.1) is 11.3 Å². The largest absolute Gasteiger partial charge is 0.494 e. The zero-order chi connectivity index (χ0) is 15.2. The van der Waals surface area contributed by atoms with Crippen LogP contribution in [0.1, 0.15) is 25.5 Å². The molecule has 2 rings (SSSR count). The Morgan fingerprint density at radius 2 is 2.10 bits per heavy atom. The van der Waals surface area contributed by atoms with Gasteiger partial charge in [-0.25, -0.2) is 0 Å². The Labute approximate surface area is 125 Å². The van der Waals surface area contributed by atoms with Crippen molar-refractivity contribution >= 4 is 5.91 Å². The molecule has 1 aromatic carbocycles. The zero-order valence-corrected chi connectivity index (χ0v) is 12.6. The average Bonchev–Trinajstić information content (AvgIpc) is 2.49. The lowest BCUT2D eigenvalue weighted by atomic mass is 10.1. The summed E-state index contributed by atoms with van der Waals surface area (Å²) in [6, 6.07) is 9.76. The number of hydrogen-bond acceptors (Lipinski definition) is 4. The predicted octanol–water partition coefficient (Wildman–Crippen LogP) is 1.81. The molecular weight excluding hydrogens is 266 g/mol. The van der Waals surface area contributed by atoms with E-state index in [4.69, 9.17) is 4.74 Å². The number of carbonyl (C=O) groups is 1. The first kappa shape index (κ1) is 15.3. The van der Waals surface area contributed by atoms with E-state index in [9.17, 15) is 10.1 Å². The number of rotatable bonds is 4. The highest BCUT2D eigenvalue weighted by Crippen LogP contribution is 2.25. The first-order valence-electron chi connectivity index (χ1n) is 7.27. The third-order valence-electron chi connectivity index (χ3n) is 3.73. The first-order valence-corrected chi connectivity index (χ1v) is 7.27.